The highest BCUT2D eigenvalue weighted by molar-refractivity contribution is 5.97. The first kappa shape index (κ1) is 11.5. The van der Waals surface area contributed by atoms with Crippen molar-refractivity contribution >= 4 is 17.2 Å². The van der Waals surface area contributed by atoms with Crippen molar-refractivity contribution in [2.75, 3.05) is 6.61 Å². The predicted octanol–water partition coefficient (Wildman–Crippen LogP) is 3.02. The van der Waals surface area contributed by atoms with Crippen molar-refractivity contribution in [2.24, 2.45) is 0 Å². The van der Waals surface area contributed by atoms with Crippen molar-refractivity contribution in [3.05, 3.63) is 36.0 Å². The highest BCUT2D eigenvalue weighted by Gasteiger charge is 2.15. The van der Waals surface area contributed by atoms with Crippen LogP contribution in [0.3, 0.4) is 0 Å². The Bertz CT molecular complexity index is 553. The Morgan fingerprint density at radius 1 is 1.39 bits per heavy atom. The summed E-state index contributed by atoms with van der Waals surface area (Å²) in [6.45, 7) is 1.86. The van der Waals surface area contributed by atoms with Crippen molar-refractivity contribution in [1.29, 1.82) is 0 Å². The summed E-state index contributed by atoms with van der Waals surface area (Å²) in [5.41, 5.74) is 1.90. The zero-order chi connectivity index (χ0) is 12.4. The second-order valence-electron chi connectivity index (χ2n) is 4.83. The van der Waals surface area contributed by atoms with Gasteiger partial charge >= 0.3 is 0 Å². The summed E-state index contributed by atoms with van der Waals surface area (Å²) in [6.07, 6.45) is 6.82. The lowest BCUT2D eigenvalue weighted by Crippen LogP contribution is -2.09. The van der Waals surface area contributed by atoms with Crippen molar-refractivity contribution < 1.29 is 9.53 Å². The Morgan fingerprint density at radius 3 is 3.11 bits per heavy atom. The molecule has 0 N–H and O–H groups in total. The number of nitrogens with zero attached hydrogens (tertiary/aromatic N) is 1. The Hall–Kier alpha value is -1.61. The molecule has 1 aliphatic rings. The molecule has 0 bridgehead atoms. The number of carbonyl (C=O) groups is 1. The van der Waals surface area contributed by atoms with Crippen molar-refractivity contribution in [1.82, 2.24) is 4.57 Å². The maximum Gasteiger partial charge on any atom is 0.150 e. The zero-order valence-electron chi connectivity index (χ0n) is 10.3. The number of ether oxygens (including phenoxy) is 1. The van der Waals surface area contributed by atoms with Crippen LogP contribution in [0.25, 0.3) is 10.9 Å². The lowest BCUT2D eigenvalue weighted by atomic mass is 10.1. The normalized spacial score (nSPS) is 19.4. The first-order valence-corrected chi connectivity index (χ1v) is 6.53. The summed E-state index contributed by atoms with van der Waals surface area (Å²) in [4.78, 5) is 11.0. The lowest BCUT2D eigenvalue weighted by Gasteiger charge is -2.10. The summed E-state index contributed by atoms with van der Waals surface area (Å²) < 4.78 is 7.85. The largest absolute Gasteiger partial charge is 0.378 e. The van der Waals surface area contributed by atoms with Crippen LogP contribution in [0.1, 0.15) is 29.6 Å². The van der Waals surface area contributed by atoms with Gasteiger partial charge in [-0.05, 0) is 31.4 Å². The molecule has 18 heavy (non-hydrogen) atoms. The van der Waals surface area contributed by atoms with Gasteiger partial charge in [0.25, 0.3) is 0 Å². The van der Waals surface area contributed by atoms with Crippen LogP contribution in [0, 0.1) is 0 Å². The molecular formula is C15H17NO2. The van der Waals surface area contributed by atoms with Crippen LogP contribution in [0.5, 0.6) is 0 Å². The van der Waals surface area contributed by atoms with Gasteiger partial charge in [0.15, 0.2) is 6.29 Å². The molecule has 1 unspecified atom stereocenters. The van der Waals surface area contributed by atoms with E-state index in [0.717, 1.165) is 42.3 Å². The summed E-state index contributed by atoms with van der Waals surface area (Å²) in [6, 6.07) is 7.89. The second kappa shape index (κ2) is 4.94. The highest BCUT2D eigenvalue weighted by Crippen LogP contribution is 2.21. The minimum atomic E-state index is 0.414. The number of aryl methyl sites for hydroxylation is 1. The van der Waals surface area contributed by atoms with E-state index in [1.165, 1.54) is 12.8 Å². The van der Waals surface area contributed by atoms with E-state index >= 15 is 0 Å². The topological polar surface area (TPSA) is 31.2 Å². The molecule has 3 rings (SSSR count). The van der Waals surface area contributed by atoms with E-state index in [1.54, 1.807) is 0 Å². The number of rotatable bonds is 4. The molecule has 1 aromatic carbocycles. The SMILES string of the molecule is O=Cc1cccc2c1ccn2CCC1CCCO1. The van der Waals surface area contributed by atoms with Gasteiger partial charge in [-0.3, -0.25) is 4.79 Å². The molecule has 0 spiro atoms. The monoisotopic (exact) mass is 243 g/mol. The minimum absolute atomic E-state index is 0.414. The molecule has 1 atom stereocenters. The molecule has 2 aromatic rings. The maximum atomic E-state index is 11.0. The fourth-order valence-electron chi connectivity index (χ4n) is 2.70. The Balaban J connectivity index is 1.81. The lowest BCUT2D eigenvalue weighted by molar-refractivity contribution is 0.101. The summed E-state index contributed by atoms with van der Waals surface area (Å²) >= 11 is 0. The Labute approximate surface area is 106 Å². The van der Waals surface area contributed by atoms with E-state index in [9.17, 15) is 4.79 Å². The van der Waals surface area contributed by atoms with E-state index in [0.29, 0.717) is 6.10 Å². The number of hydrogen-bond donors (Lipinski definition) is 0. The summed E-state index contributed by atoms with van der Waals surface area (Å²) in [7, 11) is 0. The van der Waals surface area contributed by atoms with Crippen molar-refractivity contribution in [3.63, 3.8) is 0 Å². The molecule has 0 amide bonds. The first-order chi connectivity index (χ1) is 8.88. The average molecular weight is 243 g/mol. The maximum absolute atomic E-state index is 11.0. The number of carbonyl (C=O) groups excluding carboxylic acids is 1. The minimum Gasteiger partial charge on any atom is -0.378 e. The number of hydrogen-bond acceptors (Lipinski definition) is 2. The van der Waals surface area contributed by atoms with Gasteiger partial charge < -0.3 is 9.30 Å². The molecule has 0 aliphatic carbocycles. The Morgan fingerprint density at radius 2 is 2.33 bits per heavy atom. The van der Waals surface area contributed by atoms with Crippen molar-refractivity contribution in [3.8, 4) is 0 Å². The fraction of sp³-hybridized carbons (Fsp3) is 0.400. The molecule has 3 nitrogen and oxygen atoms in total. The molecule has 3 heteroatoms. The van der Waals surface area contributed by atoms with Crippen LogP contribution in [-0.2, 0) is 11.3 Å². The smallest absolute Gasteiger partial charge is 0.150 e. The van der Waals surface area contributed by atoms with E-state index in [1.807, 2.05) is 18.2 Å². The van der Waals surface area contributed by atoms with Gasteiger partial charge in [-0.1, -0.05) is 12.1 Å². The number of benzene rings is 1. The third-order valence-electron chi connectivity index (χ3n) is 3.69. The van der Waals surface area contributed by atoms with Gasteiger partial charge in [-0.25, -0.2) is 0 Å². The molecule has 1 aliphatic heterocycles. The van der Waals surface area contributed by atoms with Crippen LogP contribution in [0.4, 0.5) is 0 Å². The van der Waals surface area contributed by atoms with Crippen LogP contribution in [-0.4, -0.2) is 23.6 Å². The molecule has 0 radical (unpaired) electrons. The number of fused-ring (bicyclic) bond motifs is 1. The van der Waals surface area contributed by atoms with Gasteiger partial charge in [0.05, 0.1) is 6.10 Å². The van der Waals surface area contributed by atoms with E-state index < -0.39 is 0 Å². The zero-order valence-corrected chi connectivity index (χ0v) is 10.3. The average Bonchev–Trinajstić information content (AvgIpc) is 3.05. The first-order valence-electron chi connectivity index (χ1n) is 6.53. The van der Waals surface area contributed by atoms with Gasteiger partial charge in [-0.2, -0.15) is 0 Å². The quantitative estimate of drug-likeness (QED) is 0.773. The van der Waals surface area contributed by atoms with Crippen molar-refractivity contribution in [2.45, 2.75) is 31.9 Å². The van der Waals surface area contributed by atoms with Crippen LogP contribution < -0.4 is 0 Å². The highest BCUT2D eigenvalue weighted by atomic mass is 16.5. The summed E-state index contributed by atoms with van der Waals surface area (Å²) in [5, 5.41) is 1.04. The molecule has 2 heterocycles. The van der Waals surface area contributed by atoms with E-state index in [2.05, 4.69) is 16.8 Å². The summed E-state index contributed by atoms with van der Waals surface area (Å²) in [5.74, 6) is 0. The predicted molar refractivity (Wildman–Crippen MR) is 70.9 cm³/mol. The van der Waals surface area contributed by atoms with Crippen LogP contribution in [0.2, 0.25) is 0 Å². The van der Waals surface area contributed by atoms with E-state index in [4.69, 9.17) is 4.74 Å². The standard InChI is InChI=1S/C15H17NO2/c17-11-12-3-1-5-15-14(12)7-9-16(15)8-6-13-4-2-10-18-13/h1,3,5,7,9,11,13H,2,4,6,8,10H2. The molecular weight excluding hydrogens is 226 g/mol. The van der Waals surface area contributed by atoms with Gasteiger partial charge in [0.1, 0.15) is 0 Å². The third-order valence-corrected chi connectivity index (χ3v) is 3.69. The molecule has 1 fully saturated rings. The van der Waals surface area contributed by atoms with Gasteiger partial charge in [0.2, 0.25) is 0 Å². The Kier molecular flexibility index (Phi) is 3.15. The van der Waals surface area contributed by atoms with Gasteiger partial charge in [0, 0.05) is 35.8 Å². The van der Waals surface area contributed by atoms with Crippen LogP contribution in [0.15, 0.2) is 30.5 Å². The number of aromatic nitrogens is 1. The van der Waals surface area contributed by atoms with Gasteiger partial charge in [-0.15, -0.1) is 0 Å². The van der Waals surface area contributed by atoms with E-state index in [-0.39, 0.29) is 0 Å². The molecule has 1 saturated heterocycles. The fourth-order valence-corrected chi connectivity index (χ4v) is 2.70. The second-order valence-corrected chi connectivity index (χ2v) is 4.83. The molecule has 1 aromatic heterocycles. The molecule has 94 valence electrons. The van der Waals surface area contributed by atoms with Crippen LogP contribution >= 0.6 is 0 Å². The third kappa shape index (κ3) is 2.06. The number of aldehydes is 1. The molecule has 0 saturated carbocycles.